The number of carbonyl (C=O) groups excluding carboxylic acids is 2. The summed E-state index contributed by atoms with van der Waals surface area (Å²) in [7, 11) is 0. The van der Waals surface area contributed by atoms with Gasteiger partial charge in [0.1, 0.15) is 5.75 Å². The Morgan fingerprint density at radius 3 is 2.48 bits per heavy atom. The number of carboxylic acid groups (broad SMARTS) is 1. The number of ketones is 1. The first-order chi connectivity index (χ1) is 13.0. The molecule has 6 heteroatoms. The summed E-state index contributed by atoms with van der Waals surface area (Å²) >= 11 is 0. The van der Waals surface area contributed by atoms with Gasteiger partial charge in [-0.1, -0.05) is 48.5 Å². The maximum Gasteiger partial charge on any atom is 0.312 e. The van der Waals surface area contributed by atoms with Crippen molar-refractivity contribution in [2.45, 2.75) is 6.42 Å². The van der Waals surface area contributed by atoms with Gasteiger partial charge >= 0.3 is 5.97 Å². The molecule has 0 bridgehead atoms. The van der Waals surface area contributed by atoms with E-state index >= 15 is 0 Å². The summed E-state index contributed by atoms with van der Waals surface area (Å²) in [6, 6.07) is 15.7. The molecule has 0 spiro atoms. The van der Waals surface area contributed by atoms with Gasteiger partial charge in [0.2, 0.25) is 5.78 Å². The van der Waals surface area contributed by atoms with Crippen molar-refractivity contribution < 1.29 is 24.2 Å². The summed E-state index contributed by atoms with van der Waals surface area (Å²) in [5, 5.41) is 10.0. The zero-order chi connectivity index (χ0) is 19.0. The lowest BCUT2D eigenvalue weighted by atomic mass is 9.74. The molecule has 27 heavy (non-hydrogen) atoms. The molecule has 2 aliphatic heterocycles. The number of ether oxygens (including phenoxy) is 1. The number of fused-ring (bicyclic) bond motifs is 2. The Hall–Kier alpha value is -3.15. The van der Waals surface area contributed by atoms with Crippen LogP contribution in [0, 0.1) is 11.3 Å². The fourth-order valence-corrected chi connectivity index (χ4v) is 4.04. The Bertz CT molecular complexity index is 910. The van der Waals surface area contributed by atoms with E-state index in [1.165, 1.54) is 4.90 Å². The zero-order valence-corrected chi connectivity index (χ0v) is 14.6. The molecule has 1 fully saturated rings. The second-order valence-corrected chi connectivity index (χ2v) is 7.13. The number of Topliss-reactive ketones (excluding diaryl/α,β-unsaturated/α-hetero) is 1. The summed E-state index contributed by atoms with van der Waals surface area (Å²) in [4.78, 5) is 38.9. The van der Waals surface area contributed by atoms with E-state index in [4.69, 9.17) is 4.74 Å². The normalized spacial score (nSPS) is 23.6. The molecular weight excluding hydrogens is 346 g/mol. The van der Waals surface area contributed by atoms with E-state index in [2.05, 4.69) is 0 Å². The summed E-state index contributed by atoms with van der Waals surface area (Å²) in [6.45, 7) is 0.395. The minimum absolute atomic E-state index is 0.00208. The molecule has 0 aliphatic carbocycles. The molecule has 2 aliphatic rings. The van der Waals surface area contributed by atoms with E-state index in [-0.39, 0.29) is 32.0 Å². The second-order valence-electron chi connectivity index (χ2n) is 7.13. The van der Waals surface area contributed by atoms with Crippen molar-refractivity contribution >= 4 is 17.7 Å². The Kier molecular flexibility index (Phi) is 4.18. The van der Waals surface area contributed by atoms with Gasteiger partial charge in [-0.15, -0.1) is 0 Å². The van der Waals surface area contributed by atoms with Gasteiger partial charge < -0.3 is 14.7 Å². The van der Waals surface area contributed by atoms with Crippen molar-refractivity contribution in [2.75, 3.05) is 19.7 Å². The number of hydrogen-bond donors (Lipinski definition) is 1. The van der Waals surface area contributed by atoms with Gasteiger partial charge in [-0.25, -0.2) is 0 Å². The molecule has 138 valence electrons. The lowest BCUT2D eigenvalue weighted by Crippen LogP contribution is -2.43. The van der Waals surface area contributed by atoms with Crippen molar-refractivity contribution in [3.05, 3.63) is 65.7 Å². The van der Waals surface area contributed by atoms with E-state index in [9.17, 15) is 19.5 Å². The van der Waals surface area contributed by atoms with Crippen LogP contribution in [0.25, 0.3) is 0 Å². The number of nitrogens with zero attached hydrogens (tertiary/aromatic N) is 1. The SMILES string of the molecule is O=C(C(=O)N1C[C@H]2COc3ccccc3C[C@@]2(C(=O)O)C1)c1ccccc1. The topological polar surface area (TPSA) is 83.9 Å². The van der Waals surface area contributed by atoms with Crippen LogP contribution in [0.5, 0.6) is 5.75 Å². The fourth-order valence-electron chi connectivity index (χ4n) is 4.04. The van der Waals surface area contributed by atoms with E-state index in [0.29, 0.717) is 11.3 Å². The summed E-state index contributed by atoms with van der Waals surface area (Å²) in [5.74, 6) is -1.94. The monoisotopic (exact) mass is 365 g/mol. The Morgan fingerprint density at radius 2 is 1.74 bits per heavy atom. The van der Waals surface area contributed by atoms with Gasteiger partial charge in [0, 0.05) is 24.6 Å². The number of hydrogen-bond acceptors (Lipinski definition) is 4. The molecule has 4 rings (SSSR count). The van der Waals surface area contributed by atoms with Crippen LogP contribution in [0.3, 0.4) is 0 Å². The first kappa shape index (κ1) is 17.3. The molecule has 6 nitrogen and oxygen atoms in total. The highest BCUT2D eigenvalue weighted by molar-refractivity contribution is 6.42. The third-order valence-corrected chi connectivity index (χ3v) is 5.56. The Morgan fingerprint density at radius 1 is 1.04 bits per heavy atom. The largest absolute Gasteiger partial charge is 0.493 e. The highest BCUT2D eigenvalue weighted by atomic mass is 16.5. The standard InChI is InChI=1S/C21H19NO5/c23-18(14-6-2-1-3-7-14)19(24)22-11-16-12-27-17-9-5-4-8-15(17)10-21(16,13-22)20(25)26/h1-9,16H,10-13H2,(H,25,26)/t16-,21+/m0/s1. The average molecular weight is 365 g/mol. The Balaban J connectivity index is 1.63. The van der Waals surface area contributed by atoms with Gasteiger partial charge in [-0.05, 0) is 18.1 Å². The van der Waals surface area contributed by atoms with Crippen molar-refractivity contribution in [3.8, 4) is 5.75 Å². The predicted molar refractivity (Wildman–Crippen MR) is 96.6 cm³/mol. The first-order valence-electron chi connectivity index (χ1n) is 8.84. The van der Waals surface area contributed by atoms with Crippen LogP contribution in [-0.4, -0.2) is 47.4 Å². The molecule has 0 aromatic heterocycles. The quantitative estimate of drug-likeness (QED) is 0.665. The maximum atomic E-state index is 12.7. The highest BCUT2D eigenvalue weighted by Gasteiger charge is 2.55. The van der Waals surface area contributed by atoms with Crippen molar-refractivity contribution in [1.29, 1.82) is 0 Å². The van der Waals surface area contributed by atoms with Gasteiger partial charge in [-0.2, -0.15) is 0 Å². The zero-order valence-electron chi connectivity index (χ0n) is 14.6. The number of para-hydroxylation sites is 1. The van der Waals surface area contributed by atoms with Gasteiger partial charge in [0.05, 0.1) is 12.0 Å². The molecular formula is C21H19NO5. The summed E-state index contributed by atoms with van der Waals surface area (Å²) < 4.78 is 5.82. The van der Waals surface area contributed by atoms with E-state index in [1.807, 2.05) is 24.3 Å². The number of amides is 1. The molecule has 1 amide bonds. The molecule has 2 atom stereocenters. The van der Waals surface area contributed by atoms with Gasteiger partial charge in [0.25, 0.3) is 5.91 Å². The molecule has 2 aromatic rings. The van der Waals surface area contributed by atoms with E-state index in [0.717, 1.165) is 5.56 Å². The predicted octanol–water partition coefficient (Wildman–Crippen LogP) is 2.03. The summed E-state index contributed by atoms with van der Waals surface area (Å²) in [5.41, 5.74) is -0.0363. The van der Waals surface area contributed by atoms with Crippen molar-refractivity contribution in [1.82, 2.24) is 4.90 Å². The number of carboxylic acids is 1. The third-order valence-electron chi connectivity index (χ3n) is 5.56. The van der Waals surface area contributed by atoms with E-state index in [1.54, 1.807) is 30.3 Å². The number of carbonyl (C=O) groups is 3. The molecule has 0 saturated carbocycles. The molecule has 1 saturated heterocycles. The molecule has 0 unspecified atom stereocenters. The van der Waals surface area contributed by atoms with Crippen LogP contribution < -0.4 is 4.74 Å². The Labute approximate surface area is 156 Å². The first-order valence-corrected chi connectivity index (χ1v) is 8.84. The van der Waals surface area contributed by atoms with Crippen LogP contribution in [-0.2, 0) is 16.0 Å². The number of likely N-dealkylation sites (tertiary alicyclic amines) is 1. The van der Waals surface area contributed by atoms with Crippen LogP contribution in [0.1, 0.15) is 15.9 Å². The van der Waals surface area contributed by atoms with Crippen molar-refractivity contribution in [2.24, 2.45) is 11.3 Å². The summed E-state index contributed by atoms with van der Waals surface area (Å²) in [6.07, 6.45) is 0.270. The minimum atomic E-state index is -1.15. The van der Waals surface area contributed by atoms with Crippen LogP contribution >= 0.6 is 0 Å². The molecule has 1 N–H and O–H groups in total. The van der Waals surface area contributed by atoms with Gasteiger partial charge in [-0.3, -0.25) is 14.4 Å². The van der Waals surface area contributed by atoms with Gasteiger partial charge in [0.15, 0.2) is 0 Å². The smallest absolute Gasteiger partial charge is 0.312 e. The lowest BCUT2D eigenvalue weighted by molar-refractivity contribution is -0.151. The number of rotatable bonds is 3. The minimum Gasteiger partial charge on any atom is -0.493 e. The average Bonchev–Trinajstić information content (AvgIpc) is 2.98. The van der Waals surface area contributed by atoms with Crippen LogP contribution in [0.2, 0.25) is 0 Å². The number of benzene rings is 2. The molecule has 2 heterocycles. The van der Waals surface area contributed by atoms with Crippen LogP contribution in [0.4, 0.5) is 0 Å². The lowest BCUT2D eigenvalue weighted by Gasteiger charge is -2.27. The van der Waals surface area contributed by atoms with E-state index < -0.39 is 23.1 Å². The number of aliphatic carboxylic acids is 1. The van der Waals surface area contributed by atoms with Crippen LogP contribution in [0.15, 0.2) is 54.6 Å². The van der Waals surface area contributed by atoms with Crippen molar-refractivity contribution in [3.63, 3.8) is 0 Å². The molecule has 0 radical (unpaired) electrons. The molecule has 2 aromatic carbocycles. The fraction of sp³-hybridized carbons (Fsp3) is 0.286. The third kappa shape index (κ3) is 2.87. The maximum absolute atomic E-state index is 12.7. The second kappa shape index (κ2) is 6.54. The highest BCUT2D eigenvalue weighted by Crippen LogP contribution is 2.44.